The number of hydrogen-bond acceptors (Lipinski definition) is 6. The van der Waals surface area contributed by atoms with Gasteiger partial charge in [-0.25, -0.2) is 9.67 Å². The lowest BCUT2D eigenvalue weighted by Gasteiger charge is -2.26. The van der Waals surface area contributed by atoms with E-state index in [1.54, 1.807) is 13.1 Å². The first-order chi connectivity index (χ1) is 16.6. The summed E-state index contributed by atoms with van der Waals surface area (Å²) in [6, 6.07) is 2.69. The van der Waals surface area contributed by atoms with Crippen LogP contribution in [0.25, 0.3) is 5.82 Å². The molecule has 0 spiro atoms. The zero-order chi connectivity index (χ0) is 25.3. The Labute approximate surface area is 200 Å². The Bertz CT molecular complexity index is 1230. The molecule has 2 N–H and O–H groups in total. The molecule has 1 aliphatic rings. The van der Waals surface area contributed by atoms with Gasteiger partial charge in [0, 0.05) is 17.8 Å². The lowest BCUT2D eigenvalue weighted by molar-refractivity contribution is -0.137. The first-order valence-electron chi connectivity index (χ1n) is 11.2. The van der Waals surface area contributed by atoms with Gasteiger partial charge in [0.15, 0.2) is 11.6 Å². The van der Waals surface area contributed by atoms with Gasteiger partial charge in [0.25, 0.3) is 5.91 Å². The van der Waals surface area contributed by atoms with Crippen LogP contribution in [-0.4, -0.2) is 44.0 Å². The van der Waals surface area contributed by atoms with Gasteiger partial charge < -0.3 is 15.2 Å². The van der Waals surface area contributed by atoms with Crippen molar-refractivity contribution >= 4 is 11.6 Å². The van der Waals surface area contributed by atoms with Crippen molar-refractivity contribution in [3.8, 4) is 11.6 Å². The molecule has 0 aromatic carbocycles. The second-order valence-corrected chi connectivity index (χ2v) is 8.69. The van der Waals surface area contributed by atoms with Crippen LogP contribution in [0.5, 0.6) is 5.75 Å². The van der Waals surface area contributed by atoms with Crippen molar-refractivity contribution in [2.24, 2.45) is 0 Å². The molecule has 3 aromatic heterocycles. The largest absolute Gasteiger partial charge is 0.493 e. The number of nitrogens with zero attached hydrogens (tertiary/aromatic N) is 4. The average molecular weight is 489 g/mol. The van der Waals surface area contributed by atoms with Gasteiger partial charge in [-0.1, -0.05) is 0 Å². The highest BCUT2D eigenvalue weighted by Crippen LogP contribution is 2.35. The van der Waals surface area contributed by atoms with Gasteiger partial charge in [-0.15, -0.1) is 0 Å². The Morgan fingerprint density at radius 2 is 1.83 bits per heavy atom. The number of halogens is 3. The molecule has 0 unspecified atom stereocenters. The maximum atomic E-state index is 13.0. The quantitative estimate of drug-likeness (QED) is 0.544. The first kappa shape index (κ1) is 24.6. The van der Waals surface area contributed by atoms with Crippen molar-refractivity contribution in [2.75, 3.05) is 12.4 Å². The molecular weight excluding hydrogens is 463 g/mol. The van der Waals surface area contributed by atoms with Gasteiger partial charge in [-0.05, 0) is 57.2 Å². The molecule has 11 heteroatoms. The molecule has 1 fully saturated rings. The smallest absolute Gasteiger partial charge is 0.418 e. The third-order valence-corrected chi connectivity index (χ3v) is 6.30. The van der Waals surface area contributed by atoms with Crippen molar-refractivity contribution in [1.29, 1.82) is 0 Å². The fourth-order valence-corrected chi connectivity index (χ4v) is 4.38. The molecule has 4 rings (SSSR count). The SMILES string of the molecule is COc1cc(C(F)(F)F)cnc1-n1ncc(C(=O)Nc2cnc(C3CCC(O)CC3)c(C)c2)c1C. The van der Waals surface area contributed by atoms with Crippen molar-refractivity contribution in [1.82, 2.24) is 19.7 Å². The molecule has 1 amide bonds. The van der Waals surface area contributed by atoms with Crippen LogP contribution in [0.4, 0.5) is 18.9 Å². The Hall–Kier alpha value is -3.47. The van der Waals surface area contributed by atoms with E-state index in [1.165, 1.54) is 18.0 Å². The minimum absolute atomic E-state index is 0.0384. The van der Waals surface area contributed by atoms with Crippen LogP contribution in [0.3, 0.4) is 0 Å². The number of pyridine rings is 2. The minimum Gasteiger partial charge on any atom is -0.493 e. The maximum Gasteiger partial charge on any atom is 0.418 e. The summed E-state index contributed by atoms with van der Waals surface area (Å²) < 4.78 is 45.4. The van der Waals surface area contributed by atoms with E-state index in [0.717, 1.165) is 43.0 Å². The van der Waals surface area contributed by atoms with Crippen LogP contribution >= 0.6 is 0 Å². The van der Waals surface area contributed by atoms with Crippen LogP contribution in [0.15, 0.2) is 30.7 Å². The molecule has 186 valence electrons. The van der Waals surface area contributed by atoms with Crippen LogP contribution in [0, 0.1) is 13.8 Å². The number of alkyl halides is 3. The maximum absolute atomic E-state index is 13.0. The Morgan fingerprint density at radius 1 is 1.11 bits per heavy atom. The molecule has 1 aliphatic carbocycles. The molecule has 0 aliphatic heterocycles. The van der Waals surface area contributed by atoms with Gasteiger partial charge in [0.05, 0.1) is 48.1 Å². The number of aliphatic hydroxyl groups is 1. The normalized spacial score (nSPS) is 18.4. The fourth-order valence-electron chi connectivity index (χ4n) is 4.38. The lowest BCUT2D eigenvalue weighted by Crippen LogP contribution is -2.19. The van der Waals surface area contributed by atoms with Crippen LogP contribution < -0.4 is 10.1 Å². The molecule has 1 saturated carbocycles. The molecule has 0 atom stereocenters. The average Bonchev–Trinajstić information content (AvgIpc) is 3.20. The van der Waals surface area contributed by atoms with Crippen molar-refractivity contribution in [3.05, 3.63) is 58.8 Å². The number of ether oxygens (including phenoxy) is 1. The van der Waals surface area contributed by atoms with E-state index in [0.29, 0.717) is 17.6 Å². The van der Waals surface area contributed by atoms with E-state index in [9.17, 15) is 23.1 Å². The second-order valence-electron chi connectivity index (χ2n) is 8.69. The summed E-state index contributed by atoms with van der Waals surface area (Å²) in [5, 5.41) is 16.7. The summed E-state index contributed by atoms with van der Waals surface area (Å²) in [4.78, 5) is 21.4. The molecule has 3 aromatic rings. The molecule has 3 heterocycles. The number of carbonyl (C=O) groups excluding carboxylic acids is 1. The number of methoxy groups -OCH3 is 1. The summed E-state index contributed by atoms with van der Waals surface area (Å²) in [5.74, 6) is -0.232. The molecule has 0 bridgehead atoms. The number of anilines is 1. The third-order valence-electron chi connectivity index (χ3n) is 6.30. The Kier molecular flexibility index (Phi) is 6.79. The number of amides is 1. The molecule has 8 nitrogen and oxygen atoms in total. The Balaban J connectivity index is 1.53. The summed E-state index contributed by atoms with van der Waals surface area (Å²) in [6.07, 6.45) is 2.08. The van der Waals surface area contributed by atoms with Crippen molar-refractivity contribution in [2.45, 2.75) is 57.7 Å². The van der Waals surface area contributed by atoms with Crippen LogP contribution in [-0.2, 0) is 6.18 Å². The predicted molar refractivity (Wildman–Crippen MR) is 122 cm³/mol. The lowest BCUT2D eigenvalue weighted by atomic mass is 9.84. The highest BCUT2D eigenvalue weighted by molar-refractivity contribution is 6.04. The van der Waals surface area contributed by atoms with E-state index < -0.39 is 17.6 Å². The van der Waals surface area contributed by atoms with E-state index in [4.69, 9.17) is 4.74 Å². The summed E-state index contributed by atoms with van der Waals surface area (Å²) in [6.45, 7) is 3.56. The topological polar surface area (TPSA) is 102 Å². The number of nitrogens with one attached hydrogen (secondary N) is 1. The summed E-state index contributed by atoms with van der Waals surface area (Å²) in [5.41, 5.74) is 2.11. The number of rotatable bonds is 5. The highest BCUT2D eigenvalue weighted by atomic mass is 19.4. The molecule has 35 heavy (non-hydrogen) atoms. The number of hydrogen-bond donors (Lipinski definition) is 2. The standard InChI is InChI=1S/C24H26F3N5O3/c1-13-8-17(11-28-21(13)15-4-6-18(33)7-5-15)31-23(34)19-12-30-32(14(19)2)22-20(35-3)9-16(10-29-22)24(25,26)27/h8-12,15,18,33H,4-7H2,1-3H3,(H,31,34). The van der Waals surface area contributed by atoms with E-state index in [2.05, 4.69) is 20.4 Å². The zero-order valence-electron chi connectivity index (χ0n) is 19.6. The summed E-state index contributed by atoms with van der Waals surface area (Å²) in [7, 11) is 1.24. The van der Waals surface area contributed by atoms with Gasteiger partial charge in [-0.2, -0.15) is 18.3 Å². The van der Waals surface area contributed by atoms with Crippen LogP contribution in [0.2, 0.25) is 0 Å². The third kappa shape index (κ3) is 5.14. The monoisotopic (exact) mass is 489 g/mol. The fraction of sp³-hybridized carbons (Fsp3) is 0.417. The number of aryl methyl sites for hydroxylation is 1. The number of aliphatic hydroxyl groups excluding tert-OH is 1. The minimum atomic E-state index is -4.57. The van der Waals surface area contributed by atoms with Crippen LogP contribution in [0.1, 0.15) is 64.5 Å². The first-order valence-corrected chi connectivity index (χ1v) is 11.2. The second kappa shape index (κ2) is 9.65. The summed E-state index contributed by atoms with van der Waals surface area (Å²) >= 11 is 0. The van der Waals surface area contributed by atoms with Gasteiger partial charge in [-0.3, -0.25) is 9.78 Å². The van der Waals surface area contributed by atoms with Gasteiger partial charge in [0.1, 0.15) is 0 Å². The zero-order valence-corrected chi connectivity index (χ0v) is 19.6. The molecule has 0 radical (unpaired) electrons. The highest BCUT2D eigenvalue weighted by Gasteiger charge is 2.32. The van der Waals surface area contributed by atoms with Crippen molar-refractivity contribution < 1.29 is 27.8 Å². The molecule has 0 saturated heterocycles. The number of carbonyl (C=O) groups is 1. The van der Waals surface area contributed by atoms with E-state index in [1.807, 2.05) is 13.0 Å². The predicted octanol–water partition coefficient (Wildman–Crippen LogP) is 4.58. The number of aromatic nitrogens is 4. The van der Waals surface area contributed by atoms with Crippen molar-refractivity contribution in [3.63, 3.8) is 0 Å². The molecular formula is C24H26F3N5O3. The van der Waals surface area contributed by atoms with Gasteiger partial charge >= 0.3 is 6.18 Å². The van der Waals surface area contributed by atoms with E-state index >= 15 is 0 Å². The van der Waals surface area contributed by atoms with Gasteiger partial charge in [0.2, 0.25) is 0 Å². The van der Waals surface area contributed by atoms with E-state index in [-0.39, 0.29) is 29.2 Å². The Morgan fingerprint density at radius 3 is 2.46 bits per heavy atom.